The molecule has 0 aliphatic carbocycles. The number of thiophene rings is 1. The van der Waals surface area contributed by atoms with Gasteiger partial charge in [-0.15, -0.1) is 11.3 Å². The number of benzene rings is 2. The smallest absolute Gasteiger partial charge is 0.225 e. The Morgan fingerprint density at radius 1 is 0.852 bits per heavy atom. The average Bonchev–Trinajstić information content (AvgIpc) is 3.41. The van der Waals surface area contributed by atoms with Crippen molar-refractivity contribution in [2.24, 2.45) is 0 Å². The Labute approximate surface area is 158 Å². The number of rotatable bonds is 3. The molecule has 0 aliphatic heterocycles. The van der Waals surface area contributed by atoms with Crippen LogP contribution >= 0.6 is 11.3 Å². The molecule has 0 atom stereocenters. The molecular formula is C21H12FN3OS. The lowest BCUT2D eigenvalue weighted by Gasteiger charge is -2.10. The van der Waals surface area contributed by atoms with Gasteiger partial charge in [0.2, 0.25) is 5.89 Å². The molecule has 0 bridgehead atoms. The normalized spacial score (nSPS) is 11.1. The molecule has 0 unspecified atom stereocenters. The fourth-order valence-electron chi connectivity index (χ4n) is 2.95. The van der Waals surface area contributed by atoms with Crippen molar-refractivity contribution in [1.29, 1.82) is 0 Å². The predicted molar refractivity (Wildman–Crippen MR) is 104 cm³/mol. The monoisotopic (exact) mass is 373 g/mol. The van der Waals surface area contributed by atoms with E-state index in [-0.39, 0.29) is 5.82 Å². The largest absolute Gasteiger partial charge is 0.445 e. The maximum Gasteiger partial charge on any atom is 0.225 e. The average molecular weight is 373 g/mol. The minimum Gasteiger partial charge on any atom is -0.445 e. The van der Waals surface area contributed by atoms with E-state index in [9.17, 15) is 4.39 Å². The molecule has 0 amide bonds. The van der Waals surface area contributed by atoms with E-state index in [1.165, 1.54) is 12.1 Å². The molecule has 3 heterocycles. The summed E-state index contributed by atoms with van der Waals surface area (Å²) in [4.78, 5) is 14.9. The zero-order chi connectivity index (χ0) is 18.2. The van der Waals surface area contributed by atoms with Crippen molar-refractivity contribution in [1.82, 2.24) is 15.0 Å². The molecule has 4 nitrogen and oxygen atoms in total. The highest BCUT2D eigenvalue weighted by Gasteiger charge is 2.15. The fourth-order valence-corrected chi connectivity index (χ4v) is 3.66. The number of oxazole rings is 1. The Kier molecular flexibility index (Phi) is 3.76. The van der Waals surface area contributed by atoms with Crippen molar-refractivity contribution in [2.75, 3.05) is 0 Å². The molecular weight excluding hydrogens is 361 g/mol. The lowest BCUT2D eigenvalue weighted by Crippen LogP contribution is -1.95. The van der Waals surface area contributed by atoms with Crippen LogP contribution in [0.2, 0.25) is 0 Å². The van der Waals surface area contributed by atoms with Gasteiger partial charge in [-0.25, -0.2) is 19.3 Å². The Morgan fingerprint density at radius 3 is 2.41 bits per heavy atom. The SMILES string of the molecule is Fc1ccc(-c2nc3ccc(-c4ncco4)cc3nc2-c2cccs2)cc1. The summed E-state index contributed by atoms with van der Waals surface area (Å²) in [5.41, 5.74) is 4.67. The van der Waals surface area contributed by atoms with E-state index in [1.54, 1.807) is 35.9 Å². The first-order valence-corrected chi connectivity index (χ1v) is 9.17. The number of hydrogen-bond acceptors (Lipinski definition) is 5. The van der Waals surface area contributed by atoms with Gasteiger partial charge in [0.05, 0.1) is 27.8 Å². The van der Waals surface area contributed by atoms with Gasteiger partial charge in [-0.1, -0.05) is 6.07 Å². The summed E-state index contributed by atoms with van der Waals surface area (Å²) < 4.78 is 18.7. The van der Waals surface area contributed by atoms with Crippen LogP contribution in [0, 0.1) is 5.82 Å². The topological polar surface area (TPSA) is 51.8 Å². The molecule has 0 N–H and O–H groups in total. The summed E-state index contributed by atoms with van der Waals surface area (Å²) in [6.45, 7) is 0. The highest BCUT2D eigenvalue weighted by atomic mass is 32.1. The van der Waals surface area contributed by atoms with E-state index in [4.69, 9.17) is 14.4 Å². The molecule has 0 aliphatic rings. The molecule has 0 saturated heterocycles. The van der Waals surface area contributed by atoms with Gasteiger partial charge < -0.3 is 4.42 Å². The van der Waals surface area contributed by atoms with E-state index < -0.39 is 0 Å². The van der Waals surface area contributed by atoms with Crippen LogP contribution in [0.5, 0.6) is 0 Å². The van der Waals surface area contributed by atoms with Gasteiger partial charge in [-0.05, 0) is 53.9 Å². The highest BCUT2D eigenvalue weighted by molar-refractivity contribution is 7.13. The maximum atomic E-state index is 13.4. The third-order valence-corrected chi connectivity index (χ3v) is 5.09. The molecule has 2 aromatic carbocycles. The Balaban J connectivity index is 1.75. The molecule has 3 aromatic heterocycles. The van der Waals surface area contributed by atoms with Crippen molar-refractivity contribution in [3.63, 3.8) is 0 Å². The summed E-state index contributed by atoms with van der Waals surface area (Å²) in [6, 6.07) is 16.0. The molecule has 130 valence electrons. The van der Waals surface area contributed by atoms with Gasteiger partial charge in [-0.3, -0.25) is 0 Å². The molecule has 27 heavy (non-hydrogen) atoms. The zero-order valence-corrected chi connectivity index (χ0v) is 14.8. The first-order valence-electron chi connectivity index (χ1n) is 8.29. The van der Waals surface area contributed by atoms with Gasteiger partial charge >= 0.3 is 0 Å². The van der Waals surface area contributed by atoms with Crippen LogP contribution in [0.3, 0.4) is 0 Å². The van der Waals surface area contributed by atoms with Crippen LogP contribution in [0.25, 0.3) is 44.3 Å². The van der Waals surface area contributed by atoms with Crippen molar-refractivity contribution < 1.29 is 8.81 Å². The van der Waals surface area contributed by atoms with Crippen molar-refractivity contribution in [3.8, 4) is 33.3 Å². The van der Waals surface area contributed by atoms with Gasteiger partial charge in [-0.2, -0.15) is 0 Å². The van der Waals surface area contributed by atoms with Crippen LogP contribution in [-0.4, -0.2) is 15.0 Å². The number of nitrogens with zero attached hydrogens (tertiary/aromatic N) is 3. The minimum atomic E-state index is -0.277. The van der Waals surface area contributed by atoms with Crippen LogP contribution in [-0.2, 0) is 0 Å². The molecule has 0 fully saturated rings. The van der Waals surface area contributed by atoms with E-state index in [0.717, 1.165) is 38.4 Å². The minimum absolute atomic E-state index is 0.277. The first-order chi connectivity index (χ1) is 13.3. The number of halogens is 1. The molecule has 5 rings (SSSR count). The molecule has 6 heteroatoms. The van der Waals surface area contributed by atoms with Crippen molar-refractivity contribution >= 4 is 22.4 Å². The van der Waals surface area contributed by atoms with E-state index in [0.29, 0.717) is 5.89 Å². The van der Waals surface area contributed by atoms with Gasteiger partial charge in [0, 0.05) is 11.1 Å². The Morgan fingerprint density at radius 2 is 1.67 bits per heavy atom. The van der Waals surface area contributed by atoms with E-state index >= 15 is 0 Å². The third-order valence-electron chi connectivity index (χ3n) is 4.22. The van der Waals surface area contributed by atoms with Gasteiger partial charge in [0.1, 0.15) is 17.8 Å². The Bertz CT molecular complexity index is 1220. The molecule has 5 aromatic rings. The standard InChI is InChI=1S/C21H12FN3OS/c22-15-6-3-13(4-7-15)19-20(18-2-1-11-27-18)25-17-12-14(5-8-16(17)24-19)21-23-9-10-26-21/h1-12H. The number of aromatic nitrogens is 3. The summed E-state index contributed by atoms with van der Waals surface area (Å²) in [5, 5.41) is 2.00. The molecule has 0 radical (unpaired) electrons. The van der Waals surface area contributed by atoms with Crippen LogP contribution in [0.4, 0.5) is 4.39 Å². The first kappa shape index (κ1) is 15.8. The van der Waals surface area contributed by atoms with Gasteiger partial charge in [0.15, 0.2) is 0 Å². The van der Waals surface area contributed by atoms with E-state index in [1.807, 2.05) is 35.7 Å². The second kappa shape index (κ2) is 6.41. The second-order valence-electron chi connectivity index (χ2n) is 5.95. The summed E-state index contributed by atoms with van der Waals surface area (Å²) in [6.07, 6.45) is 3.15. The zero-order valence-electron chi connectivity index (χ0n) is 14.0. The van der Waals surface area contributed by atoms with Crippen LogP contribution in [0.1, 0.15) is 0 Å². The summed E-state index contributed by atoms with van der Waals surface area (Å²) in [7, 11) is 0. The van der Waals surface area contributed by atoms with Gasteiger partial charge in [0.25, 0.3) is 0 Å². The van der Waals surface area contributed by atoms with Crippen LogP contribution in [0.15, 0.2) is 76.9 Å². The highest BCUT2D eigenvalue weighted by Crippen LogP contribution is 2.34. The lowest BCUT2D eigenvalue weighted by atomic mass is 10.1. The number of fused-ring (bicyclic) bond motifs is 1. The lowest BCUT2D eigenvalue weighted by molar-refractivity contribution is 0.574. The number of hydrogen-bond donors (Lipinski definition) is 0. The van der Waals surface area contributed by atoms with Crippen LogP contribution < -0.4 is 0 Å². The third kappa shape index (κ3) is 2.90. The maximum absolute atomic E-state index is 13.4. The Hall–Kier alpha value is -3.38. The summed E-state index contributed by atoms with van der Waals surface area (Å²) in [5.74, 6) is 0.264. The van der Waals surface area contributed by atoms with Crippen molar-refractivity contribution in [3.05, 3.63) is 78.3 Å². The quantitative estimate of drug-likeness (QED) is 0.400. The molecule has 0 spiro atoms. The fraction of sp³-hybridized carbons (Fsp3) is 0. The molecule has 0 saturated carbocycles. The summed E-state index contributed by atoms with van der Waals surface area (Å²) >= 11 is 1.59. The second-order valence-corrected chi connectivity index (χ2v) is 6.89. The van der Waals surface area contributed by atoms with Crippen molar-refractivity contribution in [2.45, 2.75) is 0 Å². The van der Waals surface area contributed by atoms with E-state index in [2.05, 4.69) is 4.98 Å². The predicted octanol–water partition coefficient (Wildman–Crippen LogP) is 5.82.